The molecule has 1 aromatic carbocycles. The number of methoxy groups -OCH3 is 1. The summed E-state index contributed by atoms with van der Waals surface area (Å²) in [7, 11) is 1.44. The maximum Gasteiger partial charge on any atom is 0.356 e. The monoisotopic (exact) mass is 262 g/mol. The van der Waals surface area contributed by atoms with Crippen LogP contribution in [0.3, 0.4) is 0 Å². The van der Waals surface area contributed by atoms with E-state index in [2.05, 4.69) is 6.58 Å². The van der Waals surface area contributed by atoms with Crippen molar-refractivity contribution in [1.82, 2.24) is 0 Å². The zero-order chi connectivity index (χ0) is 14.2. The number of ketones is 1. The van der Waals surface area contributed by atoms with Gasteiger partial charge in [0.1, 0.15) is 0 Å². The average Bonchev–Trinajstić information content (AvgIpc) is 2.66. The topological polar surface area (TPSA) is 72.8 Å². The fourth-order valence-electron chi connectivity index (χ4n) is 2.19. The Hall–Kier alpha value is -2.30. The number of carbonyl (C=O) groups excluding carboxylic acids is 1. The van der Waals surface area contributed by atoms with Crippen molar-refractivity contribution >= 4 is 11.8 Å². The van der Waals surface area contributed by atoms with Crippen LogP contribution in [0.25, 0.3) is 0 Å². The van der Waals surface area contributed by atoms with Crippen molar-refractivity contribution in [3.05, 3.63) is 35.9 Å². The number of rotatable bonds is 4. The van der Waals surface area contributed by atoms with Crippen LogP contribution < -0.4 is 9.47 Å². The Morgan fingerprint density at radius 2 is 2.26 bits per heavy atom. The van der Waals surface area contributed by atoms with Gasteiger partial charge in [-0.05, 0) is 18.6 Å². The molecule has 1 atom stereocenters. The van der Waals surface area contributed by atoms with Crippen molar-refractivity contribution in [1.29, 1.82) is 0 Å². The summed E-state index contributed by atoms with van der Waals surface area (Å²) >= 11 is 0. The first-order valence-electron chi connectivity index (χ1n) is 5.73. The second kappa shape index (κ2) is 4.42. The van der Waals surface area contributed by atoms with Crippen LogP contribution in [0.2, 0.25) is 0 Å². The molecule has 19 heavy (non-hydrogen) atoms. The van der Waals surface area contributed by atoms with E-state index in [1.165, 1.54) is 13.2 Å². The molecular weight excluding hydrogens is 248 g/mol. The van der Waals surface area contributed by atoms with Gasteiger partial charge in [-0.3, -0.25) is 4.79 Å². The van der Waals surface area contributed by atoms with Gasteiger partial charge < -0.3 is 14.6 Å². The maximum absolute atomic E-state index is 12.4. The highest BCUT2D eigenvalue weighted by Crippen LogP contribution is 2.45. The van der Waals surface area contributed by atoms with Crippen LogP contribution >= 0.6 is 0 Å². The minimum absolute atomic E-state index is 0.0988. The average molecular weight is 262 g/mol. The van der Waals surface area contributed by atoms with Crippen LogP contribution in [-0.2, 0) is 4.79 Å². The highest BCUT2D eigenvalue weighted by Gasteiger charge is 2.55. The van der Waals surface area contributed by atoms with E-state index in [1.807, 2.05) is 0 Å². The van der Waals surface area contributed by atoms with Crippen LogP contribution in [0.4, 0.5) is 0 Å². The Morgan fingerprint density at radius 3 is 2.79 bits per heavy atom. The number of aryl methyl sites for hydroxylation is 1. The standard InChI is InChI=1S/C14H14O5/c1-4-7-14(13(16)17)12(15)10-8(2)5-6-9(18-3)11(10)19-14/h4-6H,1,7H2,2-3H3,(H,16,17). The van der Waals surface area contributed by atoms with Gasteiger partial charge in [-0.2, -0.15) is 0 Å². The van der Waals surface area contributed by atoms with Crippen molar-refractivity contribution < 1.29 is 24.2 Å². The summed E-state index contributed by atoms with van der Waals surface area (Å²) in [4.78, 5) is 23.9. The number of benzene rings is 1. The number of carboxylic acid groups (broad SMARTS) is 1. The van der Waals surface area contributed by atoms with Gasteiger partial charge in [0.2, 0.25) is 5.78 Å². The summed E-state index contributed by atoms with van der Waals surface area (Å²) in [5.74, 6) is -1.35. The molecule has 5 nitrogen and oxygen atoms in total. The van der Waals surface area contributed by atoms with E-state index in [0.29, 0.717) is 11.3 Å². The summed E-state index contributed by atoms with van der Waals surface area (Å²) in [6, 6.07) is 3.35. The normalized spacial score (nSPS) is 20.6. The van der Waals surface area contributed by atoms with Gasteiger partial charge in [0, 0.05) is 6.42 Å². The van der Waals surface area contributed by atoms with E-state index in [9.17, 15) is 14.7 Å². The smallest absolute Gasteiger partial charge is 0.356 e. The molecule has 1 aliphatic rings. The van der Waals surface area contributed by atoms with Crippen molar-refractivity contribution in [2.24, 2.45) is 0 Å². The molecule has 1 N–H and O–H groups in total. The summed E-state index contributed by atoms with van der Waals surface area (Å²) < 4.78 is 10.6. The Kier molecular flexibility index (Phi) is 3.06. The first-order chi connectivity index (χ1) is 8.97. The molecule has 100 valence electrons. The molecule has 1 aromatic rings. The van der Waals surface area contributed by atoms with Gasteiger partial charge in [-0.15, -0.1) is 6.58 Å². The van der Waals surface area contributed by atoms with Gasteiger partial charge in [0.25, 0.3) is 5.60 Å². The lowest BCUT2D eigenvalue weighted by atomic mass is 9.90. The lowest BCUT2D eigenvalue weighted by molar-refractivity contribution is -0.149. The minimum Gasteiger partial charge on any atom is -0.493 e. The number of fused-ring (bicyclic) bond motifs is 1. The van der Waals surface area contributed by atoms with Crippen LogP contribution in [-0.4, -0.2) is 29.6 Å². The van der Waals surface area contributed by atoms with Crippen LogP contribution in [0.15, 0.2) is 24.8 Å². The molecule has 1 aliphatic heterocycles. The van der Waals surface area contributed by atoms with Crippen molar-refractivity contribution in [2.45, 2.75) is 18.9 Å². The molecule has 0 radical (unpaired) electrons. The maximum atomic E-state index is 12.4. The number of Topliss-reactive ketones (excluding diaryl/α,β-unsaturated/α-hetero) is 1. The number of ether oxygens (including phenoxy) is 2. The first kappa shape index (κ1) is 13.1. The third kappa shape index (κ3) is 1.69. The van der Waals surface area contributed by atoms with Crippen molar-refractivity contribution in [3.8, 4) is 11.5 Å². The fourth-order valence-corrected chi connectivity index (χ4v) is 2.19. The number of carbonyl (C=O) groups is 2. The lowest BCUT2D eigenvalue weighted by Crippen LogP contribution is -2.47. The van der Waals surface area contributed by atoms with Crippen LogP contribution in [0.1, 0.15) is 22.3 Å². The van der Waals surface area contributed by atoms with E-state index in [-0.39, 0.29) is 17.7 Å². The zero-order valence-electron chi connectivity index (χ0n) is 10.7. The van der Waals surface area contributed by atoms with Gasteiger partial charge in [0.05, 0.1) is 12.7 Å². The van der Waals surface area contributed by atoms with E-state index in [4.69, 9.17) is 9.47 Å². The van der Waals surface area contributed by atoms with Gasteiger partial charge in [-0.25, -0.2) is 4.79 Å². The van der Waals surface area contributed by atoms with Gasteiger partial charge in [0.15, 0.2) is 11.5 Å². The van der Waals surface area contributed by atoms with Crippen molar-refractivity contribution in [3.63, 3.8) is 0 Å². The summed E-state index contributed by atoms with van der Waals surface area (Å²) in [6.07, 6.45) is 1.26. The van der Waals surface area contributed by atoms with E-state index < -0.39 is 17.4 Å². The predicted molar refractivity (Wildman–Crippen MR) is 67.9 cm³/mol. The molecule has 0 saturated carbocycles. The number of hydrogen-bond donors (Lipinski definition) is 1. The third-order valence-electron chi connectivity index (χ3n) is 3.20. The van der Waals surface area contributed by atoms with E-state index in [1.54, 1.807) is 19.1 Å². The van der Waals surface area contributed by atoms with E-state index >= 15 is 0 Å². The number of hydrogen-bond acceptors (Lipinski definition) is 4. The molecule has 1 heterocycles. The summed E-state index contributed by atoms with van der Waals surface area (Å²) in [6.45, 7) is 5.21. The fraction of sp³-hybridized carbons (Fsp3) is 0.286. The second-order valence-electron chi connectivity index (χ2n) is 4.34. The molecule has 2 rings (SSSR count). The molecule has 0 amide bonds. The second-order valence-corrected chi connectivity index (χ2v) is 4.34. The van der Waals surface area contributed by atoms with Gasteiger partial charge >= 0.3 is 5.97 Å². The molecule has 0 aromatic heterocycles. The highest BCUT2D eigenvalue weighted by molar-refractivity contribution is 6.20. The number of carboxylic acids is 1. The molecule has 0 saturated heterocycles. The first-order valence-corrected chi connectivity index (χ1v) is 5.73. The van der Waals surface area contributed by atoms with E-state index in [0.717, 1.165) is 0 Å². The Labute approximate surface area is 110 Å². The minimum atomic E-state index is -1.93. The lowest BCUT2D eigenvalue weighted by Gasteiger charge is -2.20. The summed E-state index contributed by atoms with van der Waals surface area (Å²) in [5.41, 5.74) is -1.000. The predicted octanol–water partition coefficient (Wildman–Crippen LogP) is 1.98. The largest absolute Gasteiger partial charge is 0.493 e. The van der Waals surface area contributed by atoms with Gasteiger partial charge in [-0.1, -0.05) is 12.1 Å². The van der Waals surface area contributed by atoms with Crippen LogP contribution in [0.5, 0.6) is 11.5 Å². The molecule has 0 bridgehead atoms. The Balaban J connectivity index is 2.65. The summed E-state index contributed by atoms with van der Waals surface area (Å²) in [5, 5.41) is 9.36. The zero-order valence-corrected chi connectivity index (χ0v) is 10.7. The molecule has 0 aliphatic carbocycles. The molecular formula is C14H14O5. The highest BCUT2D eigenvalue weighted by atomic mass is 16.6. The third-order valence-corrected chi connectivity index (χ3v) is 3.20. The molecule has 0 spiro atoms. The van der Waals surface area contributed by atoms with Crippen molar-refractivity contribution in [2.75, 3.05) is 7.11 Å². The number of aliphatic carboxylic acids is 1. The SMILES string of the molecule is C=CCC1(C(=O)O)Oc2c(OC)ccc(C)c2C1=O. The van der Waals surface area contributed by atoms with Crippen LogP contribution in [0, 0.1) is 6.92 Å². The quantitative estimate of drug-likeness (QED) is 0.663. The molecule has 1 unspecified atom stereocenters. The Bertz CT molecular complexity index is 575. The molecule has 5 heteroatoms. The Morgan fingerprint density at radius 1 is 1.58 bits per heavy atom. The molecule has 0 fully saturated rings.